The average molecular weight is 383 g/mol. The highest BCUT2D eigenvalue weighted by Crippen LogP contribution is 2.33. The molecule has 0 radical (unpaired) electrons. The summed E-state index contributed by atoms with van der Waals surface area (Å²) in [4.78, 5) is 0.374. The zero-order valence-corrected chi connectivity index (χ0v) is 17.2. The molecule has 3 aromatic rings. The second-order valence-electron chi connectivity index (χ2n) is 8.36. The van der Waals surface area contributed by atoms with E-state index in [1.165, 1.54) is 5.69 Å². The number of nitrogens with zero attached hydrogens (tertiary/aromatic N) is 2. The molecule has 2 aromatic carbocycles. The second kappa shape index (κ2) is 6.21. The Morgan fingerprint density at radius 1 is 0.963 bits per heavy atom. The van der Waals surface area contributed by atoms with Gasteiger partial charge < -0.3 is 4.57 Å². The summed E-state index contributed by atoms with van der Waals surface area (Å²) in [6.45, 7) is 7.33. The number of aryl methyl sites for hydroxylation is 1. The fourth-order valence-corrected chi connectivity index (χ4v) is 5.40. The molecule has 0 atom stereocenters. The van der Waals surface area contributed by atoms with E-state index in [1.54, 1.807) is 16.4 Å². The molecule has 0 bridgehead atoms. The van der Waals surface area contributed by atoms with Crippen LogP contribution in [0.5, 0.6) is 0 Å². The molecule has 1 aliphatic rings. The molecular weight excluding hydrogens is 356 g/mol. The van der Waals surface area contributed by atoms with Crippen LogP contribution in [0.2, 0.25) is 0 Å². The molecule has 4 nitrogen and oxygen atoms in total. The van der Waals surface area contributed by atoms with Gasteiger partial charge in [-0.05, 0) is 34.7 Å². The van der Waals surface area contributed by atoms with Crippen LogP contribution in [0.25, 0.3) is 10.9 Å². The van der Waals surface area contributed by atoms with Crippen LogP contribution in [0.3, 0.4) is 0 Å². The first-order valence-corrected chi connectivity index (χ1v) is 10.8. The first-order valence-electron chi connectivity index (χ1n) is 9.35. The van der Waals surface area contributed by atoms with Gasteiger partial charge in [0.1, 0.15) is 0 Å². The molecule has 1 aromatic heterocycles. The predicted octanol–water partition coefficient (Wildman–Crippen LogP) is 4.22. The molecule has 5 heteroatoms. The highest BCUT2D eigenvalue weighted by molar-refractivity contribution is 7.89. The van der Waals surface area contributed by atoms with Gasteiger partial charge in [0.15, 0.2) is 0 Å². The first-order chi connectivity index (χ1) is 12.7. The van der Waals surface area contributed by atoms with E-state index in [4.69, 9.17) is 0 Å². The highest BCUT2D eigenvalue weighted by atomic mass is 32.2. The molecule has 0 amide bonds. The van der Waals surface area contributed by atoms with E-state index in [1.807, 2.05) is 24.3 Å². The van der Waals surface area contributed by atoms with Crippen molar-refractivity contribution < 1.29 is 8.42 Å². The van der Waals surface area contributed by atoms with E-state index in [0.717, 1.165) is 28.5 Å². The summed E-state index contributed by atoms with van der Waals surface area (Å²) >= 11 is 0. The Morgan fingerprint density at radius 3 is 2.30 bits per heavy atom. The summed E-state index contributed by atoms with van der Waals surface area (Å²) in [6, 6.07) is 15.6. The number of fused-ring (bicyclic) bond motifs is 3. The van der Waals surface area contributed by atoms with Crippen LogP contribution >= 0.6 is 0 Å². The Labute approximate surface area is 161 Å². The maximum atomic E-state index is 13.2. The molecular formula is C22H26N2O2S. The van der Waals surface area contributed by atoms with Gasteiger partial charge in [0, 0.05) is 43.2 Å². The normalized spacial score (nSPS) is 15.9. The minimum absolute atomic E-state index is 0.00523. The number of rotatable bonds is 2. The zero-order chi connectivity index (χ0) is 19.4. The van der Waals surface area contributed by atoms with Gasteiger partial charge in [0.25, 0.3) is 0 Å². The summed E-state index contributed by atoms with van der Waals surface area (Å²) in [5, 5.41) is 1.15. The summed E-state index contributed by atoms with van der Waals surface area (Å²) < 4.78 is 30.3. The predicted molar refractivity (Wildman–Crippen MR) is 109 cm³/mol. The number of benzene rings is 2. The molecule has 0 spiro atoms. The van der Waals surface area contributed by atoms with Gasteiger partial charge in [0.05, 0.1) is 4.90 Å². The van der Waals surface area contributed by atoms with Gasteiger partial charge in [-0.15, -0.1) is 0 Å². The van der Waals surface area contributed by atoms with Crippen molar-refractivity contribution in [3.63, 3.8) is 0 Å². The van der Waals surface area contributed by atoms with Crippen molar-refractivity contribution in [1.29, 1.82) is 0 Å². The standard InChI is InChI=1S/C22H26N2O2S/c1-22(2,3)16-9-11-17(12-10-16)27(25,26)24-14-13-21-19(15-24)18-7-5-6-8-20(18)23(21)4/h5-12H,13-15H2,1-4H3. The average Bonchev–Trinajstić information content (AvgIpc) is 2.94. The van der Waals surface area contributed by atoms with Gasteiger partial charge in [-0.3, -0.25) is 0 Å². The molecule has 0 saturated carbocycles. The monoisotopic (exact) mass is 382 g/mol. The first kappa shape index (κ1) is 18.3. The van der Waals surface area contributed by atoms with Gasteiger partial charge in [-0.25, -0.2) is 8.42 Å². The maximum Gasteiger partial charge on any atom is 0.243 e. The van der Waals surface area contributed by atoms with Crippen LogP contribution < -0.4 is 0 Å². The van der Waals surface area contributed by atoms with Gasteiger partial charge in [0.2, 0.25) is 10.0 Å². The summed E-state index contributed by atoms with van der Waals surface area (Å²) in [7, 11) is -1.44. The highest BCUT2D eigenvalue weighted by Gasteiger charge is 2.31. The van der Waals surface area contributed by atoms with Crippen molar-refractivity contribution in [3.05, 3.63) is 65.4 Å². The van der Waals surface area contributed by atoms with Crippen molar-refractivity contribution >= 4 is 20.9 Å². The maximum absolute atomic E-state index is 13.2. The number of hydrogen-bond donors (Lipinski definition) is 0. The number of hydrogen-bond acceptors (Lipinski definition) is 2. The molecule has 0 aliphatic carbocycles. The van der Waals surface area contributed by atoms with E-state index < -0.39 is 10.0 Å². The smallest absolute Gasteiger partial charge is 0.243 e. The van der Waals surface area contributed by atoms with Crippen LogP contribution in [0, 0.1) is 0 Å². The fourth-order valence-electron chi connectivity index (χ4n) is 3.99. The lowest BCUT2D eigenvalue weighted by Crippen LogP contribution is -2.36. The summed E-state index contributed by atoms with van der Waals surface area (Å²) in [5.74, 6) is 0. The van der Waals surface area contributed by atoms with Gasteiger partial charge in [-0.1, -0.05) is 51.1 Å². The Bertz CT molecular complexity index is 1100. The van der Waals surface area contributed by atoms with E-state index >= 15 is 0 Å². The minimum atomic E-state index is -3.50. The third-order valence-corrected chi connectivity index (χ3v) is 7.49. The summed E-state index contributed by atoms with van der Waals surface area (Å²) in [6.07, 6.45) is 0.736. The lowest BCUT2D eigenvalue weighted by Gasteiger charge is -2.27. The number of aromatic nitrogens is 1. The van der Waals surface area contributed by atoms with Crippen molar-refractivity contribution in [2.24, 2.45) is 7.05 Å². The summed E-state index contributed by atoms with van der Waals surface area (Å²) in [5.41, 5.74) is 4.68. The van der Waals surface area contributed by atoms with Crippen molar-refractivity contribution in [1.82, 2.24) is 8.87 Å². The largest absolute Gasteiger partial charge is 0.347 e. The molecule has 0 saturated heterocycles. The Morgan fingerprint density at radius 2 is 1.63 bits per heavy atom. The van der Waals surface area contributed by atoms with Gasteiger partial charge >= 0.3 is 0 Å². The van der Waals surface area contributed by atoms with E-state index in [9.17, 15) is 8.42 Å². The topological polar surface area (TPSA) is 42.3 Å². The van der Waals surface area contributed by atoms with Crippen molar-refractivity contribution in [2.45, 2.75) is 44.0 Å². The van der Waals surface area contributed by atoms with Gasteiger partial charge in [-0.2, -0.15) is 4.31 Å². The minimum Gasteiger partial charge on any atom is -0.347 e. The Hall–Kier alpha value is -2.11. The lowest BCUT2D eigenvalue weighted by atomic mass is 9.87. The van der Waals surface area contributed by atoms with Crippen LogP contribution in [-0.2, 0) is 35.5 Å². The third kappa shape index (κ3) is 2.99. The van der Waals surface area contributed by atoms with Crippen LogP contribution in [0.4, 0.5) is 0 Å². The van der Waals surface area contributed by atoms with Crippen LogP contribution in [-0.4, -0.2) is 23.8 Å². The molecule has 142 valence electrons. The Balaban J connectivity index is 1.70. The van der Waals surface area contributed by atoms with Crippen LogP contribution in [0.15, 0.2) is 53.4 Å². The SMILES string of the molecule is Cn1c2c(c3ccccc31)CN(S(=O)(=O)c1ccc(C(C)(C)C)cc1)CC2. The van der Waals surface area contributed by atoms with E-state index in [-0.39, 0.29) is 5.41 Å². The molecule has 0 fully saturated rings. The molecule has 0 unspecified atom stereocenters. The molecule has 4 rings (SSSR count). The molecule has 2 heterocycles. The number of para-hydroxylation sites is 1. The third-order valence-electron chi connectivity index (χ3n) is 5.63. The quantitative estimate of drug-likeness (QED) is 0.666. The van der Waals surface area contributed by atoms with Crippen molar-refractivity contribution in [3.8, 4) is 0 Å². The number of sulfonamides is 1. The van der Waals surface area contributed by atoms with Crippen LogP contribution in [0.1, 0.15) is 37.6 Å². The lowest BCUT2D eigenvalue weighted by molar-refractivity contribution is 0.388. The molecule has 0 N–H and O–H groups in total. The molecule has 1 aliphatic heterocycles. The fraction of sp³-hybridized carbons (Fsp3) is 0.364. The molecule has 27 heavy (non-hydrogen) atoms. The second-order valence-corrected chi connectivity index (χ2v) is 10.3. The van der Waals surface area contributed by atoms with E-state index in [0.29, 0.717) is 18.0 Å². The van der Waals surface area contributed by atoms with Crippen molar-refractivity contribution in [2.75, 3.05) is 6.54 Å². The Kier molecular flexibility index (Phi) is 4.20. The van der Waals surface area contributed by atoms with E-state index in [2.05, 4.69) is 44.5 Å². The zero-order valence-electron chi connectivity index (χ0n) is 16.4.